The van der Waals surface area contributed by atoms with Gasteiger partial charge < -0.3 is 9.64 Å². The molecular weight excluding hydrogens is 333 g/mol. The predicted octanol–water partition coefficient (Wildman–Crippen LogP) is 4.22. The zero-order valence-electron chi connectivity index (χ0n) is 13.3. The number of halogens is 2. The number of carbonyl (C=O) groups is 1. The Bertz CT molecular complexity index is 629. The van der Waals surface area contributed by atoms with E-state index in [-0.39, 0.29) is 18.4 Å². The van der Waals surface area contributed by atoms with Crippen LogP contribution >= 0.6 is 24.0 Å². The molecule has 0 aliphatic heterocycles. The minimum Gasteiger partial charge on any atom is -0.465 e. The summed E-state index contributed by atoms with van der Waals surface area (Å²) in [5, 5.41) is 0.756. The number of hydrogen-bond acceptors (Lipinski definition) is 3. The van der Waals surface area contributed by atoms with Crippen LogP contribution in [0.4, 0.5) is 0 Å². The smallest absolute Gasteiger partial charge is 0.337 e. The number of nitrogens with zero attached hydrogens (tertiary/aromatic N) is 1. The second-order valence-corrected chi connectivity index (χ2v) is 5.74. The van der Waals surface area contributed by atoms with Crippen molar-refractivity contribution >= 4 is 30.0 Å². The summed E-state index contributed by atoms with van der Waals surface area (Å²) in [5.41, 5.74) is 2.96. The van der Waals surface area contributed by atoms with Crippen molar-refractivity contribution in [2.45, 2.75) is 13.0 Å². The first-order chi connectivity index (χ1) is 10.6. The third-order valence-electron chi connectivity index (χ3n) is 3.50. The SMILES string of the molecule is COC(=O)c1cccc(CCN(C)Cc2ccc(Cl)cc2)c1.Cl. The molecule has 0 unspecified atom stereocenters. The maximum Gasteiger partial charge on any atom is 0.337 e. The van der Waals surface area contributed by atoms with Gasteiger partial charge >= 0.3 is 5.97 Å². The van der Waals surface area contributed by atoms with Crippen LogP contribution in [0.3, 0.4) is 0 Å². The van der Waals surface area contributed by atoms with E-state index in [2.05, 4.69) is 11.9 Å². The number of methoxy groups -OCH3 is 1. The van der Waals surface area contributed by atoms with E-state index in [0.29, 0.717) is 5.56 Å². The first-order valence-corrected chi connectivity index (χ1v) is 7.56. The Morgan fingerprint density at radius 3 is 2.48 bits per heavy atom. The molecule has 0 saturated carbocycles. The molecule has 0 aromatic heterocycles. The van der Waals surface area contributed by atoms with Crippen LogP contribution in [0.1, 0.15) is 21.5 Å². The summed E-state index contributed by atoms with van der Waals surface area (Å²) in [6, 6.07) is 15.5. The van der Waals surface area contributed by atoms with Gasteiger partial charge in [0.2, 0.25) is 0 Å². The Morgan fingerprint density at radius 2 is 1.83 bits per heavy atom. The molecule has 0 radical (unpaired) electrons. The topological polar surface area (TPSA) is 29.5 Å². The van der Waals surface area contributed by atoms with Crippen LogP contribution in [0.15, 0.2) is 48.5 Å². The van der Waals surface area contributed by atoms with Crippen LogP contribution in [-0.2, 0) is 17.7 Å². The highest BCUT2D eigenvalue weighted by atomic mass is 35.5. The molecule has 2 rings (SSSR count). The van der Waals surface area contributed by atoms with E-state index in [4.69, 9.17) is 16.3 Å². The lowest BCUT2D eigenvalue weighted by Crippen LogP contribution is -2.20. The fourth-order valence-electron chi connectivity index (χ4n) is 2.27. The molecule has 124 valence electrons. The van der Waals surface area contributed by atoms with Crippen molar-refractivity contribution in [3.05, 3.63) is 70.2 Å². The third-order valence-corrected chi connectivity index (χ3v) is 3.75. The molecule has 23 heavy (non-hydrogen) atoms. The summed E-state index contributed by atoms with van der Waals surface area (Å²) in [6.07, 6.45) is 0.884. The molecule has 0 spiro atoms. The molecule has 0 fully saturated rings. The average molecular weight is 354 g/mol. The lowest BCUT2D eigenvalue weighted by molar-refractivity contribution is 0.0600. The van der Waals surface area contributed by atoms with Gasteiger partial charge in [-0.3, -0.25) is 0 Å². The summed E-state index contributed by atoms with van der Waals surface area (Å²) >= 11 is 5.89. The molecule has 0 amide bonds. The molecule has 0 aliphatic carbocycles. The highest BCUT2D eigenvalue weighted by Crippen LogP contribution is 2.12. The van der Waals surface area contributed by atoms with Gasteiger partial charge in [-0.15, -0.1) is 12.4 Å². The molecule has 0 aliphatic rings. The third kappa shape index (κ3) is 6.22. The number of rotatable bonds is 6. The molecule has 0 saturated heterocycles. The highest BCUT2D eigenvalue weighted by Gasteiger charge is 2.06. The van der Waals surface area contributed by atoms with E-state index in [1.54, 1.807) is 6.07 Å². The standard InChI is InChI=1S/C18H20ClNO2.ClH/c1-20(13-15-6-8-17(19)9-7-15)11-10-14-4-3-5-16(12-14)18(21)22-2;/h3-9,12H,10-11,13H2,1-2H3;1H. The number of carbonyl (C=O) groups excluding carboxylic acids is 1. The summed E-state index contributed by atoms with van der Waals surface area (Å²) in [5.74, 6) is -0.295. The second-order valence-electron chi connectivity index (χ2n) is 5.31. The molecule has 3 nitrogen and oxygen atoms in total. The number of benzene rings is 2. The van der Waals surface area contributed by atoms with E-state index in [1.165, 1.54) is 12.7 Å². The Balaban J connectivity index is 0.00000264. The van der Waals surface area contributed by atoms with E-state index in [0.717, 1.165) is 30.1 Å². The minimum atomic E-state index is -0.295. The molecule has 0 atom stereocenters. The van der Waals surface area contributed by atoms with Gasteiger partial charge in [0.05, 0.1) is 12.7 Å². The van der Waals surface area contributed by atoms with Gasteiger partial charge in [-0.25, -0.2) is 4.79 Å². The number of ether oxygens (including phenoxy) is 1. The fourth-order valence-corrected chi connectivity index (χ4v) is 2.40. The van der Waals surface area contributed by atoms with E-state index in [1.807, 2.05) is 42.5 Å². The Morgan fingerprint density at radius 1 is 1.13 bits per heavy atom. The van der Waals surface area contributed by atoms with Crippen molar-refractivity contribution in [3.8, 4) is 0 Å². The normalized spacial score (nSPS) is 10.3. The monoisotopic (exact) mass is 353 g/mol. The Kier molecular flexibility index (Phi) is 8.10. The predicted molar refractivity (Wildman–Crippen MR) is 96.5 cm³/mol. The van der Waals surface area contributed by atoms with Crippen molar-refractivity contribution < 1.29 is 9.53 Å². The van der Waals surface area contributed by atoms with Gasteiger partial charge in [0.25, 0.3) is 0 Å². The Labute approximate surface area is 148 Å². The van der Waals surface area contributed by atoms with Crippen molar-refractivity contribution in [1.29, 1.82) is 0 Å². The summed E-state index contributed by atoms with van der Waals surface area (Å²) in [4.78, 5) is 13.8. The van der Waals surface area contributed by atoms with Gasteiger partial charge in [-0.1, -0.05) is 35.9 Å². The first kappa shape index (κ1) is 19.5. The van der Waals surface area contributed by atoms with Crippen LogP contribution in [0.2, 0.25) is 5.02 Å². The molecule has 5 heteroatoms. The van der Waals surface area contributed by atoms with E-state index < -0.39 is 0 Å². The van der Waals surface area contributed by atoms with Crippen molar-refractivity contribution in [1.82, 2.24) is 4.90 Å². The van der Waals surface area contributed by atoms with Crippen LogP contribution in [0.5, 0.6) is 0 Å². The number of esters is 1. The van der Waals surface area contributed by atoms with Gasteiger partial charge in [0, 0.05) is 18.1 Å². The maximum atomic E-state index is 11.5. The van der Waals surface area contributed by atoms with Crippen molar-refractivity contribution in [2.75, 3.05) is 20.7 Å². The van der Waals surface area contributed by atoms with Crippen LogP contribution in [-0.4, -0.2) is 31.6 Å². The zero-order chi connectivity index (χ0) is 15.9. The van der Waals surface area contributed by atoms with E-state index >= 15 is 0 Å². The minimum absolute atomic E-state index is 0. The lowest BCUT2D eigenvalue weighted by atomic mass is 10.1. The van der Waals surface area contributed by atoms with Crippen LogP contribution in [0.25, 0.3) is 0 Å². The van der Waals surface area contributed by atoms with Gasteiger partial charge in [0.1, 0.15) is 0 Å². The van der Waals surface area contributed by atoms with Crippen molar-refractivity contribution in [2.24, 2.45) is 0 Å². The largest absolute Gasteiger partial charge is 0.465 e. The molecule has 0 bridgehead atoms. The van der Waals surface area contributed by atoms with Gasteiger partial charge in [-0.2, -0.15) is 0 Å². The molecular formula is C18H21Cl2NO2. The van der Waals surface area contributed by atoms with Crippen LogP contribution in [0, 0.1) is 0 Å². The van der Waals surface area contributed by atoms with Crippen LogP contribution < -0.4 is 0 Å². The summed E-state index contributed by atoms with van der Waals surface area (Å²) in [7, 11) is 3.48. The molecule has 0 N–H and O–H groups in total. The summed E-state index contributed by atoms with van der Waals surface area (Å²) in [6.45, 7) is 1.78. The van der Waals surface area contributed by atoms with Gasteiger partial charge in [-0.05, 0) is 48.9 Å². The van der Waals surface area contributed by atoms with E-state index in [9.17, 15) is 4.79 Å². The summed E-state index contributed by atoms with van der Waals surface area (Å²) < 4.78 is 4.75. The number of hydrogen-bond donors (Lipinski definition) is 0. The van der Waals surface area contributed by atoms with Gasteiger partial charge in [0.15, 0.2) is 0 Å². The second kappa shape index (κ2) is 9.56. The highest BCUT2D eigenvalue weighted by molar-refractivity contribution is 6.30. The number of likely N-dealkylation sites (N-methyl/N-ethyl adjacent to an activating group) is 1. The quantitative estimate of drug-likeness (QED) is 0.728. The fraction of sp³-hybridized carbons (Fsp3) is 0.278. The molecule has 0 heterocycles. The Hall–Kier alpha value is -1.55. The molecule has 2 aromatic rings. The van der Waals surface area contributed by atoms with Crippen molar-refractivity contribution in [3.63, 3.8) is 0 Å². The average Bonchev–Trinajstić information content (AvgIpc) is 2.54. The first-order valence-electron chi connectivity index (χ1n) is 7.18. The maximum absolute atomic E-state index is 11.5. The zero-order valence-corrected chi connectivity index (χ0v) is 14.9. The molecule has 2 aromatic carbocycles. The lowest BCUT2D eigenvalue weighted by Gasteiger charge is -2.17.